The lowest BCUT2D eigenvalue weighted by Gasteiger charge is -2.22. The van der Waals surface area contributed by atoms with Gasteiger partial charge < -0.3 is 9.47 Å². The topological polar surface area (TPSA) is 95.7 Å². The van der Waals surface area contributed by atoms with E-state index in [0.29, 0.717) is 6.42 Å². The molecule has 1 rings (SSSR count). The van der Waals surface area contributed by atoms with E-state index in [1.54, 1.807) is 7.11 Å². The lowest BCUT2D eigenvalue weighted by atomic mass is 10.1. The lowest BCUT2D eigenvalue weighted by molar-refractivity contribution is -0.00563. The second-order valence-electron chi connectivity index (χ2n) is 5.04. The minimum Gasteiger partial charge on any atom is -0.462 e. The predicted molar refractivity (Wildman–Crippen MR) is 78.8 cm³/mol. The zero-order valence-electron chi connectivity index (χ0n) is 12.1. The molecular formula is C13H18ClNO5S. The van der Waals surface area contributed by atoms with E-state index in [2.05, 4.69) is 0 Å². The molecule has 0 atom stereocenters. The number of benzene rings is 1. The Bertz CT molecular complexity index is 627. The van der Waals surface area contributed by atoms with Gasteiger partial charge in [-0.1, -0.05) is 11.6 Å². The summed E-state index contributed by atoms with van der Waals surface area (Å²) >= 11 is 5.88. The van der Waals surface area contributed by atoms with Gasteiger partial charge >= 0.3 is 5.97 Å². The van der Waals surface area contributed by atoms with E-state index >= 15 is 0 Å². The Labute approximate surface area is 129 Å². The van der Waals surface area contributed by atoms with Crippen LogP contribution in [-0.2, 0) is 19.5 Å². The molecule has 1 aromatic rings. The maximum atomic E-state index is 11.9. The fourth-order valence-electron chi connectivity index (χ4n) is 1.41. The smallest absolute Gasteiger partial charge is 0.339 e. The van der Waals surface area contributed by atoms with Crippen LogP contribution in [0.4, 0.5) is 0 Å². The van der Waals surface area contributed by atoms with Crippen molar-refractivity contribution in [3.05, 3.63) is 28.8 Å². The number of nitrogens with two attached hydrogens (primary N) is 1. The van der Waals surface area contributed by atoms with Crippen molar-refractivity contribution in [1.82, 2.24) is 0 Å². The number of sulfonamides is 1. The summed E-state index contributed by atoms with van der Waals surface area (Å²) in [5, 5.41) is 5.11. The zero-order chi connectivity index (χ0) is 16.3. The third-order valence-corrected chi connectivity index (χ3v) is 4.22. The molecule has 1 aromatic carbocycles. The number of carbonyl (C=O) groups excluding carboxylic acids is 1. The molecule has 0 aliphatic carbocycles. The van der Waals surface area contributed by atoms with E-state index in [0.717, 1.165) is 6.07 Å². The highest BCUT2D eigenvalue weighted by Crippen LogP contribution is 2.21. The van der Waals surface area contributed by atoms with Crippen LogP contribution in [0.15, 0.2) is 23.1 Å². The van der Waals surface area contributed by atoms with Crippen molar-refractivity contribution in [3.8, 4) is 0 Å². The van der Waals surface area contributed by atoms with Gasteiger partial charge in [0.05, 0.1) is 27.7 Å². The van der Waals surface area contributed by atoms with Crippen molar-refractivity contribution in [1.29, 1.82) is 0 Å². The standard InChI is InChI=1S/C13H18ClNO5S/c1-13(2,19-3)6-7-20-12(16)10-8-9(21(15,17)18)4-5-11(10)14/h4-5,8H,6-7H2,1-3H3,(H2,15,17,18). The molecule has 0 fully saturated rings. The summed E-state index contributed by atoms with van der Waals surface area (Å²) in [7, 11) is -2.35. The van der Waals surface area contributed by atoms with Gasteiger partial charge in [-0.05, 0) is 32.0 Å². The first-order valence-corrected chi connectivity index (χ1v) is 8.04. The molecule has 0 aromatic heterocycles. The first kappa shape index (κ1) is 17.9. The summed E-state index contributed by atoms with van der Waals surface area (Å²) in [6.45, 7) is 3.83. The van der Waals surface area contributed by atoms with Crippen LogP contribution in [0, 0.1) is 0 Å². The SMILES string of the molecule is COC(C)(C)CCOC(=O)c1cc(S(N)(=O)=O)ccc1Cl. The normalized spacial score (nSPS) is 12.2. The maximum Gasteiger partial charge on any atom is 0.339 e. The van der Waals surface area contributed by atoms with Crippen LogP contribution in [0.5, 0.6) is 0 Å². The van der Waals surface area contributed by atoms with Crippen molar-refractivity contribution in [3.63, 3.8) is 0 Å². The molecule has 0 unspecified atom stereocenters. The molecule has 21 heavy (non-hydrogen) atoms. The van der Waals surface area contributed by atoms with Gasteiger partial charge in [-0.15, -0.1) is 0 Å². The van der Waals surface area contributed by atoms with Crippen LogP contribution >= 0.6 is 11.6 Å². The third kappa shape index (κ3) is 5.28. The van der Waals surface area contributed by atoms with Gasteiger partial charge in [-0.2, -0.15) is 0 Å². The number of hydrogen-bond donors (Lipinski definition) is 1. The summed E-state index contributed by atoms with van der Waals surface area (Å²) in [4.78, 5) is 11.7. The van der Waals surface area contributed by atoms with Gasteiger partial charge in [0.15, 0.2) is 0 Å². The maximum absolute atomic E-state index is 11.9. The first-order chi connectivity index (χ1) is 9.57. The molecule has 0 saturated heterocycles. The van der Waals surface area contributed by atoms with Crippen molar-refractivity contribution < 1.29 is 22.7 Å². The summed E-state index contributed by atoms with van der Waals surface area (Å²) in [5.41, 5.74) is -0.467. The van der Waals surface area contributed by atoms with Gasteiger partial charge in [-0.3, -0.25) is 0 Å². The molecular weight excluding hydrogens is 318 g/mol. The van der Waals surface area contributed by atoms with Gasteiger partial charge in [0.1, 0.15) is 0 Å². The Morgan fingerprint density at radius 1 is 1.38 bits per heavy atom. The largest absolute Gasteiger partial charge is 0.462 e. The van der Waals surface area contributed by atoms with Crippen molar-refractivity contribution >= 4 is 27.6 Å². The number of esters is 1. The molecule has 0 spiro atoms. The zero-order valence-corrected chi connectivity index (χ0v) is 13.6. The van der Waals surface area contributed by atoms with Crippen LogP contribution in [0.1, 0.15) is 30.6 Å². The van der Waals surface area contributed by atoms with Crippen molar-refractivity contribution in [2.75, 3.05) is 13.7 Å². The molecule has 0 aliphatic heterocycles. The number of methoxy groups -OCH3 is 1. The molecule has 6 nitrogen and oxygen atoms in total. The third-order valence-electron chi connectivity index (χ3n) is 2.98. The van der Waals surface area contributed by atoms with E-state index in [9.17, 15) is 13.2 Å². The Hall–Kier alpha value is -1.15. The molecule has 0 heterocycles. The van der Waals surface area contributed by atoms with Crippen LogP contribution in [-0.4, -0.2) is 33.7 Å². The molecule has 0 radical (unpaired) electrons. The number of hydrogen-bond acceptors (Lipinski definition) is 5. The highest BCUT2D eigenvalue weighted by atomic mass is 35.5. The summed E-state index contributed by atoms with van der Waals surface area (Å²) < 4.78 is 32.8. The molecule has 2 N–H and O–H groups in total. The fraction of sp³-hybridized carbons (Fsp3) is 0.462. The fourth-order valence-corrected chi connectivity index (χ4v) is 2.14. The average molecular weight is 336 g/mol. The summed E-state index contributed by atoms with van der Waals surface area (Å²) in [5.74, 6) is -0.711. The van der Waals surface area contributed by atoms with Gasteiger partial charge in [-0.25, -0.2) is 18.4 Å². The molecule has 0 amide bonds. The molecule has 0 aliphatic rings. The van der Waals surface area contributed by atoms with Crippen LogP contribution in [0.25, 0.3) is 0 Å². The van der Waals surface area contributed by atoms with Crippen molar-refractivity contribution in [2.45, 2.75) is 30.8 Å². The highest BCUT2D eigenvalue weighted by Gasteiger charge is 2.20. The highest BCUT2D eigenvalue weighted by molar-refractivity contribution is 7.89. The molecule has 0 saturated carbocycles. The van der Waals surface area contributed by atoms with E-state index in [1.165, 1.54) is 12.1 Å². The summed E-state index contributed by atoms with van der Waals surface area (Å²) in [6, 6.07) is 3.61. The number of halogens is 1. The van der Waals surface area contributed by atoms with Crippen LogP contribution in [0.2, 0.25) is 5.02 Å². The molecule has 8 heteroatoms. The quantitative estimate of drug-likeness (QED) is 0.802. The van der Waals surface area contributed by atoms with Gasteiger partial charge in [0.25, 0.3) is 0 Å². The van der Waals surface area contributed by atoms with E-state index in [4.69, 9.17) is 26.2 Å². The van der Waals surface area contributed by atoms with Crippen molar-refractivity contribution in [2.24, 2.45) is 5.14 Å². The predicted octanol–water partition coefficient (Wildman–Crippen LogP) is 1.96. The Balaban J connectivity index is 2.83. The molecule has 0 bridgehead atoms. The lowest BCUT2D eigenvalue weighted by Crippen LogP contribution is -2.25. The Morgan fingerprint density at radius 3 is 2.52 bits per heavy atom. The number of primary sulfonamides is 1. The minimum absolute atomic E-state index is 0.0431. The van der Waals surface area contributed by atoms with E-state index in [-0.39, 0.29) is 22.1 Å². The number of carbonyl (C=O) groups is 1. The van der Waals surface area contributed by atoms with Gasteiger partial charge in [0.2, 0.25) is 10.0 Å². The van der Waals surface area contributed by atoms with Crippen LogP contribution in [0.3, 0.4) is 0 Å². The number of rotatable bonds is 6. The number of ether oxygens (including phenoxy) is 2. The second-order valence-corrected chi connectivity index (χ2v) is 7.01. The van der Waals surface area contributed by atoms with Crippen LogP contribution < -0.4 is 5.14 Å². The average Bonchev–Trinajstić information content (AvgIpc) is 2.37. The van der Waals surface area contributed by atoms with E-state index in [1.807, 2.05) is 13.8 Å². The Kier molecular flexibility index (Phi) is 5.75. The molecule has 118 valence electrons. The monoisotopic (exact) mass is 335 g/mol. The van der Waals surface area contributed by atoms with E-state index < -0.39 is 21.6 Å². The minimum atomic E-state index is -3.91. The summed E-state index contributed by atoms with van der Waals surface area (Å²) in [6.07, 6.45) is 0.488. The Morgan fingerprint density at radius 2 is 2.00 bits per heavy atom. The van der Waals surface area contributed by atoms with Gasteiger partial charge in [0, 0.05) is 13.5 Å². The first-order valence-electron chi connectivity index (χ1n) is 6.11. The second kappa shape index (κ2) is 6.74.